The van der Waals surface area contributed by atoms with Crippen molar-refractivity contribution in [2.45, 2.75) is 219 Å². The minimum absolute atomic E-state index is 0.111. The zero-order valence-electron chi connectivity index (χ0n) is 40.5. The first-order valence-electron chi connectivity index (χ1n) is 25.4. The van der Waals surface area contributed by atoms with Crippen molar-refractivity contribution in [3.05, 3.63) is 109 Å². The van der Waals surface area contributed by atoms with Gasteiger partial charge in [-0.15, -0.1) is 0 Å². The smallest absolute Gasteiger partial charge is 0.306 e. The minimum Gasteiger partial charge on any atom is -0.462 e. The third kappa shape index (κ3) is 49.0. The number of hydrogen-bond acceptors (Lipinski definition) is 6. The lowest BCUT2D eigenvalue weighted by Crippen LogP contribution is -2.30. The Morgan fingerprint density at radius 1 is 0.333 bits per heavy atom. The summed E-state index contributed by atoms with van der Waals surface area (Å²) in [5.41, 5.74) is 0. The van der Waals surface area contributed by atoms with E-state index in [-0.39, 0.29) is 44.0 Å². The fraction of sp³-hybridized carbons (Fsp3) is 0.632. The van der Waals surface area contributed by atoms with Crippen LogP contribution in [-0.2, 0) is 28.6 Å². The van der Waals surface area contributed by atoms with Gasteiger partial charge in [0.25, 0.3) is 0 Å². The van der Waals surface area contributed by atoms with Crippen LogP contribution in [0.1, 0.15) is 213 Å². The average molecular weight is 873 g/mol. The Morgan fingerprint density at radius 2 is 0.635 bits per heavy atom. The molecule has 0 aromatic rings. The highest BCUT2D eigenvalue weighted by Crippen LogP contribution is 2.13. The zero-order valence-corrected chi connectivity index (χ0v) is 40.5. The van der Waals surface area contributed by atoms with E-state index in [1.807, 2.05) is 0 Å². The molecule has 0 aromatic heterocycles. The summed E-state index contributed by atoms with van der Waals surface area (Å²) in [5.74, 6) is -1.01. The molecular weight excluding hydrogens is 781 g/mol. The lowest BCUT2D eigenvalue weighted by atomic mass is 10.1. The van der Waals surface area contributed by atoms with Crippen molar-refractivity contribution < 1.29 is 28.6 Å². The Morgan fingerprint density at radius 3 is 1.03 bits per heavy atom. The van der Waals surface area contributed by atoms with Crippen LogP contribution < -0.4 is 0 Å². The minimum atomic E-state index is -0.816. The van der Waals surface area contributed by atoms with E-state index in [9.17, 15) is 14.4 Å². The van der Waals surface area contributed by atoms with Crippen molar-refractivity contribution in [2.75, 3.05) is 13.2 Å². The molecule has 0 N–H and O–H groups in total. The van der Waals surface area contributed by atoms with Crippen LogP contribution in [0.5, 0.6) is 0 Å². The number of carbonyl (C=O) groups excluding carboxylic acids is 3. The lowest BCUT2D eigenvalue weighted by Gasteiger charge is -2.18. The zero-order chi connectivity index (χ0) is 45.8. The summed E-state index contributed by atoms with van der Waals surface area (Å²) < 4.78 is 16.7. The van der Waals surface area contributed by atoms with E-state index in [0.717, 1.165) is 116 Å². The van der Waals surface area contributed by atoms with Crippen LogP contribution in [0.25, 0.3) is 0 Å². The summed E-state index contributed by atoms with van der Waals surface area (Å²) in [5, 5.41) is 0. The van der Waals surface area contributed by atoms with Crippen LogP contribution >= 0.6 is 0 Å². The molecule has 0 bridgehead atoms. The van der Waals surface area contributed by atoms with Gasteiger partial charge < -0.3 is 14.2 Å². The Bertz CT molecular complexity index is 1330. The predicted molar refractivity (Wildman–Crippen MR) is 270 cm³/mol. The highest BCUT2D eigenvalue weighted by Gasteiger charge is 2.19. The first kappa shape index (κ1) is 59.1. The molecule has 0 radical (unpaired) electrons. The molecule has 1 atom stereocenters. The highest BCUT2D eigenvalue weighted by molar-refractivity contribution is 5.71. The molecule has 0 aliphatic carbocycles. The van der Waals surface area contributed by atoms with Crippen LogP contribution in [0.3, 0.4) is 0 Å². The summed E-state index contributed by atoms with van der Waals surface area (Å²) in [6.45, 7) is 6.30. The summed E-state index contributed by atoms with van der Waals surface area (Å²) in [4.78, 5) is 37.9. The summed E-state index contributed by atoms with van der Waals surface area (Å²) in [7, 11) is 0. The maximum absolute atomic E-state index is 12.8. The fourth-order valence-electron chi connectivity index (χ4n) is 6.48. The lowest BCUT2D eigenvalue weighted by molar-refractivity contribution is -0.167. The molecule has 0 saturated heterocycles. The van der Waals surface area contributed by atoms with Crippen LogP contribution in [-0.4, -0.2) is 37.2 Å². The summed E-state index contributed by atoms with van der Waals surface area (Å²) in [6, 6.07) is 0. The maximum atomic E-state index is 12.8. The normalized spacial score (nSPS) is 13.0. The second-order valence-corrected chi connectivity index (χ2v) is 16.3. The Labute approximate surface area is 387 Å². The molecule has 6 heteroatoms. The van der Waals surface area contributed by atoms with E-state index < -0.39 is 6.10 Å². The van der Waals surface area contributed by atoms with Crippen LogP contribution in [0.2, 0.25) is 0 Å². The molecule has 63 heavy (non-hydrogen) atoms. The molecule has 0 saturated carbocycles. The summed E-state index contributed by atoms with van der Waals surface area (Å²) >= 11 is 0. The number of hydrogen-bond donors (Lipinski definition) is 0. The Hall–Kier alpha value is -3.93. The average Bonchev–Trinajstić information content (AvgIpc) is 3.28. The monoisotopic (exact) mass is 873 g/mol. The van der Waals surface area contributed by atoms with Gasteiger partial charge in [0, 0.05) is 19.3 Å². The molecule has 0 spiro atoms. The van der Waals surface area contributed by atoms with E-state index in [0.29, 0.717) is 12.8 Å². The third-order valence-electron chi connectivity index (χ3n) is 10.2. The fourth-order valence-corrected chi connectivity index (χ4v) is 6.48. The molecule has 0 rings (SSSR count). The first-order valence-corrected chi connectivity index (χ1v) is 25.4. The molecule has 6 nitrogen and oxygen atoms in total. The van der Waals surface area contributed by atoms with E-state index >= 15 is 0 Å². The van der Waals surface area contributed by atoms with E-state index in [2.05, 4.69) is 130 Å². The molecule has 1 unspecified atom stereocenters. The van der Waals surface area contributed by atoms with E-state index in [1.54, 1.807) is 0 Å². The topological polar surface area (TPSA) is 78.9 Å². The quantitative estimate of drug-likeness (QED) is 0.0263. The molecule has 0 aliphatic rings. The van der Waals surface area contributed by atoms with Gasteiger partial charge >= 0.3 is 17.9 Å². The molecule has 356 valence electrons. The van der Waals surface area contributed by atoms with Crippen LogP contribution in [0.4, 0.5) is 0 Å². The van der Waals surface area contributed by atoms with Crippen molar-refractivity contribution in [2.24, 2.45) is 0 Å². The van der Waals surface area contributed by atoms with Gasteiger partial charge in [-0.3, -0.25) is 14.4 Å². The van der Waals surface area contributed by atoms with E-state index in [1.165, 1.54) is 51.4 Å². The molecular formula is C57H92O6. The van der Waals surface area contributed by atoms with Crippen LogP contribution in [0.15, 0.2) is 109 Å². The van der Waals surface area contributed by atoms with Gasteiger partial charge in [-0.2, -0.15) is 0 Å². The standard InChI is InChI=1S/C57H92O6/c1-4-7-10-13-16-19-22-25-28-29-30-33-35-38-41-44-47-50-56(59)62-53-54(63-57(60)51-48-45-42-39-36-32-27-24-21-18-15-12-9-6-3)52-61-55(58)49-46-43-40-37-34-31-26-23-20-17-14-11-8-5-2/h8-9,11-12,16-21,25,27-28,30,32-33,38,41,54H,4-7,10,13-15,22-24,26,29,31,34-37,39-40,42-53H2,1-3H3/b11-8-,12-9-,19-16-,20-17-,21-18-,28-25-,32-27-,33-30-,41-38-. The molecule has 0 fully saturated rings. The SMILES string of the molecule is CC/C=C\C/C=C\C/C=C\CCCCCCC(=O)OC(COC(=O)CCC/C=C\C/C=C\C/C=C\C/C=C\CCCCC)COC(=O)CCCCCCCCC/C=C\C/C=C\CC. The largest absolute Gasteiger partial charge is 0.462 e. The van der Waals surface area contributed by atoms with Gasteiger partial charge in [-0.1, -0.05) is 188 Å². The maximum Gasteiger partial charge on any atom is 0.306 e. The van der Waals surface area contributed by atoms with Gasteiger partial charge in [-0.05, 0) is 116 Å². The van der Waals surface area contributed by atoms with E-state index in [4.69, 9.17) is 14.2 Å². The van der Waals surface area contributed by atoms with Crippen molar-refractivity contribution in [3.8, 4) is 0 Å². The van der Waals surface area contributed by atoms with Crippen molar-refractivity contribution in [1.29, 1.82) is 0 Å². The number of allylic oxidation sites excluding steroid dienone is 18. The van der Waals surface area contributed by atoms with Crippen LogP contribution in [0, 0.1) is 0 Å². The molecule has 0 heterocycles. The highest BCUT2D eigenvalue weighted by atomic mass is 16.6. The van der Waals surface area contributed by atoms with Gasteiger partial charge in [0.15, 0.2) is 6.10 Å². The van der Waals surface area contributed by atoms with Crippen molar-refractivity contribution >= 4 is 17.9 Å². The molecule has 0 amide bonds. The number of rotatable bonds is 44. The number of ether oxygens (including phenoxy) is 3. The van der Waals surface area contributed by atoms with Crippen molar-refractivity contribution in [1.82, 2.24) is 0 Å². The van der Waals surface area contributed by atoms with Gasteiger partial charge in [0.05, 0.1) is 0 Å². The Balaban J connectivity index is 4.53. The third-order valence-corrected chi connectivity index (χ3v) is 10.2. The summed E-state index contributed by atoms with van der Waals surface area (Å²) in [6.07, 6.45) is 67.9. The molecule has 0 aromatic carbocycles. The first-order chi connectivity index (χ1) is 31.0. The van der Waals surface area contributed by atoms with Crippen molar-refractivity contribution in [3.63, 3.8) is 0 Å². The second kappa shape index (κ2) is 50.7. The number of unbranched alkanes of at least 4 members (excludes halogenated alkanes) is 15. The molecule has 0 aliphatic heterocycles. The van der Waals surface area contributed by atoms with Gasteiger partial charge in [0.1, 0.15) is 13.2 Å². The number of carbonyl (C=O) groups is 3. The Kier molecular flexibility index (Phi) is 47.5. The number of esters is 3. The van der Waals surface area contributed by atoms with Gasteiger partial charge in [-0.25, -0.2) is 0 Å². The predicted octanol–water partition coefficient (Wildman–Crippen LogP) is 16.8. The second-order valence-electron chi connectivity index (χ2n) is 16.3. The van der Waals surface area contributed by atoms with Gasteiger partial charge in [0.2, 0.25) is 0 Å².